The lowest BCUT2D eigenvalue weighted by atomic mass is 9.80. The van der Waals surface area contributed by atoms with Gasteiger partial charge in [0.25, 0.3) is 0 Å². The largest absolute Gasteiger partial charge is 0.375 e. The fraction of sp³-hybridized carbons (Fsp3) is 0.0909. The van der Waals surface area contributed by atoms with Gasteiger partial charge >= 0.3 is 0 Å². The second-order valence-corrected chi connectivity index (χ2v) is 12.6. The van der Waals surface area contributed by atoms with E-state index in [1.165, 1.54) is 66.4 Å². The number of fused-ring (bicyclic) bond motifs is 3. The minimum atomic E-state index is -0.210. The van der Waals surface area contributed by atoms with Crippen LogP contribution in [0.1, 0.15) is 24.5 Å². The minimum absolute atomic E-state index is 0.210. The standard InChI is InChI=1S/C44H36N2/c1-31-22-24-42-39(27-31)40-30-35(23-25-43(40)46(42)38-20-12-16-34(29-38)32-13-5-3-6-14-32)33-15-11-17-36(28-33)41-21-9-10-26-44(41,2)45-37-18-7-4-8-19-37/h3-25,27-30,45H,26H2,1-2H3. The molecule has 1 N–H and O–H groups in total. The van der Waals surface area contributed by atoms with Gasteiger partial charge in [-0.05, 0) is 108 Å². The molecule has 0 aliphatic heterocycles. The molecule has 0 saturated heterocycles. The molecule has 1 aromatic heterocycles. The predicted octanol–water partition coefficient (Wildman–Crippen LogP) is 11.6. The summed E-state index contributed by atoms with van der Waals surface area (Å²) >= 11 is 0. The summed E-state index contributed by atoms with van der Waals surface area (Å²) in [6.45, 7) is 4.48. The Balaban J connectivity index is 1.23. The maximum absolute atomic E-state index is 3.82. The Kier molecular flexibility index (Phi) is 6.92. The van der Waals surface area contributed by atoms with Crippen molar-refractivity contribution >= 4 is 33.1 Å². The smallest absolute Gasteiger partial charge is 0.0637 e. The number of nitrogens with one attached hydrogen (secondary N) is 1. The fourth-order valence-electron chi connectivity index (χ4n) is 7.05. The van der Waals surface area contributed by atoms with E-state index in [1.54, 1.807) is 0 Å². The number of aromatic nitrogens is 1. The Morgan fingerprint density at radius 1 is 0.565 bits per heavy atom. The highest BCUT2D eigenvalue weighted by atomic mass is 15.0. The third kappa shape index (κ3) is 5.02. The van der Waals surface area contributed by atoms with Gasteiger partial charge in [0, 0.05) is 22.1 Å². The Bertz CT molecular complexity index is 2270. The molecule has 0 spiro atoms. The van der Waals surface area contributed by atoms with Gasteiger partial charge in [-0.25, -0.2) is 0 Å². The molecular weight excluding hydrogens is 556 g/mol. The second-order valence-electron chi connectivity index (χ2n) is 12.6. The molecule has 0 radical (unpaired) electrons. The van der Waals surface area contributed by atoms with Crippen molar-refractivity contribution in [2.75, 3.05) is 5.32 Å². The zero-order valence-electron chi connectivity index (χ0n) is 26.2. The van der Waals surface area contributed by atoms with Crippen LogP contribution >= 0.6 is 0 Å². The van der Waals surface area contributed by atoms with Gasteiger partial charge in [-0.15, -0.1) is 0 Å². The summed E-state index contributed by atoms with van der Waals surface area (Å²) in [4.78, 5) is 0. The van der Waals surface area contributed by atoms with Crippen LogP contribution < -0.4 is 5.32 Å². The van der Waals surface area contributed by atoms with Gasteiger partial charge in [-0.1, -0.05) is 115 Å². The third-order valence-electron chi connectivity index (χ3n) is 9.35. The zero-order valence-corrected chi connectivity index (χ0v) is 26.2. The van der Waals surface area contributed by atoms with Crippen LogP contribution in [0.15, 0.2) is 164 Å². The van der Waals surface area contributed by atoms with Crippen LogP contribution in [0.25, 0.3) is 55.3 Å². The third-order valence-corrected chi connectivity index (χ3v) is 9.35. The highest BCUT2D eigenvalue weighted by molar-refractivity contribution is 6.10. The average Bonchev–Trinajstić information content (AvgIpc) is 3.42. The fourth-order valence-corrected chi connectivity index (χ4v) is 7.05. The van der Waals surface area contributed by atoms with Crippen LogP contribution in [0.4, 0.5) is 5.69 Å². The van der Waals surface area contributed by atoms with Gasteiger partial charge in [0.05, 0.1) is 16.6 Å². The van der Waals surface area contributed by atoms with Gasteiger partial charge in [-0.3, -0.25) is 0 Å². The SMILES string of the molecule is Cc1ccc2c(c1)c1cc(-c3cccc(C4=CC=CCC4(C)Nc4ccccc4)c3)ccc1n2-c1cccc(-c2ccccc2)c1. The highest BCUT2D eigenvalue weighted by Crippen LogP contribution is 2.39. The van der Waals surface area contributed by atoms with Crippen molar-refractivity contribution in [1.29, 1.82) is 0 Å². The first-order chi connectivity index (χ1) is 22.6. The summed E-state index contributed by atoms with van der Waals surface area (Å²) in [7, 11) is 0. The molecule has 7 aromatic rings. The summed E-state index contributed by atoms with van der Waals surface area (Å²) in [5.74, 6) is 0. The normalized spacial score (nSPS) is 16.1. The topological polar surface area (TPSA) is 17.0 Å². The number of nitrogens with zero attached hydrogens (tertiary/aromatic N) is 1. The molecule has 222 valence electrons. The molecular formula is C44H36N2. The molecule has 0 bridgehead atoms. The van der Waals surface area contributed by atoms with Crippen molar-refractivity contribution in [3.05, 3.63) is 175 Å². The molecule has 6 aromatic carbocycles. The molecule has 1 unspecified atom stereocenters. The van der Waals surface area contributed by atoms with Crippen molar-refractivity contribution in [2.24, 2.45) is 0 Å². The first kappa shape index (κ1) is 27.9. The summed E-state index contributed by atoms with van der Waals surface area (Å²) in [6.07, 6.45) is 7.63. The lowest BCUT2D eigenvalue weighted by Gasteiger charge is -2.36. The number of anilines is 1. The van der Waals surface area contributed by atoms with Crippen LogP contribution in [0.2, 0.25) is 0 Å². The average molecular weight is 593 g/mol. The van der Waals surface area contributed by atoms with Crippen molar-refractivity contribution in [3.8, 4) is 27.9 Å². The predicted molar refractivity (Wildman–Crippen MR) is 197 cm³/mol. The second kappa shape index (κ2) is 11.4. The van der Waals surface area contributed by atoms with E-state index in [0.29, 0.717) is 0 Å². The van der Waals surface area contributed by atoms with E-state index in [2.05, 4.69) is 188 Å². The summed E-state index contributed by atoms with van der Waals surface area (Å²) < 4.78 is 2.41. The highest BCUT2D eigenvalue weighted by Gasteiger charge is 2.30. The zero-order chi connectivity index (χ0) is 31.1. The Hall–Kier alpha value is -5.60. The van der Waals surface area contributed by atoms with E-state index >= 15 is 0 Å². The van der Waals surface area contributed by atoms with Crippen LogP contribution in [0.5, 0.6) is 0 Å². The van der Waals surface area contributed by atoms with Gasteiger partial charge in [0.1, 0.15) is 0 Å². The van der Waals surface area contributed by atoms with E-state index in [9.17, 15) is 0 Å². The number of rotatable bonds is 6. The van der Waals surface area contributed by atoms with Crippen molar-refractivity contribution in [2.45, 2.75) is 25.8 Å². The van der Waals surface area contributed by atoms with Crippen molar-refractivity contribution in [1.82, 2.24) is 4.57 Å². The minimum Gasteiger partial charge on any atom is -0.375 e. The van der Waals surface area contributed by atoms with E-state index in [0.717, 1.165) is 12.1 Å². The van der Waals surface area contributed by atoms with E-state index < -0.39 is 0 Å². The number of para-hydroxylation sites is 1. The van der Waals surface area contributed by atoms with Gasteiger partial charge in [-0.2, -0.15) is 0 Å². The number of allylic oxidation sites excluding steroid dienone is 2. The van der Waals surface area contributed by atoms with Crippen LogP contribution in [0, 0.1) is 6.92 Å². The molecule has 1 heterocycles. The van der Waals surface area contributed by atoms with Crippen LogP contribution in [-0.4, -0.2) is 10.1 Å². The number of hydrogen-bond acceptors (Lipinski definition) is 1. The first-order valence-corrected chi connectivity index (χ1v) is 16.1. The maximum Gasteiger partial charge on any atom is 0.0637 e. The Morgan fingerprint density at radius 3 is 2.00 bits per heavy atom. The van der Waals surface area contributed by atoms with Crippen molar-refractivity contribution < 1.29 is 0 Å². The summed E-state index contributed by atoms with van der Waals surface area (Å²) in [5.41, 5.74) is 13.2. The summed E-state index contributed by atoms with van der Waals surface area (Å²) in [5, 5.41) is 6.37. The van der Waals surface area contributed by atoms with Gasteiger partial charge in [0.2, 0.25) is 0 Å². The molecule has 46 heavy (non-hydrogen) atoms. The van der Waals surface area contributed by atoms with Crippen LogP contribution in [0.3, 0.4) is 0 Å². The van der Waals surface area contributed by atoms with Crippen molar-refractivity contribution in [3.63, 3.8) is 0 Å². The van der Waals surface area contributed by atoms with Crippen LogP contribution in [-0.2, 0) is 0 Å². The molecule has 0 fully saturated rings. The molecule has 0 saturated carbocycles. The molecule has 8 rings (SSSR count). The number of benzene rings is 6. The molecule has 0 amide bonds. The number of hydrogen-bond donors (Lipinski definition) is 1. The van der Waals surface area contributed by atoms with Gasteiger partial charge < -0.3 is 9.88 Å². The quantitative estimate of drug-likeness (QED) is 0.203. The Labute approximate surface area is 271 Å². The summed E-state index contributed by atoms with van der Waals surface area (Å²) in [6, 6.07) is 52.8. The van der Waals surface area contributed by atoms with E-state index in [-0.39, 0.29) is 5.54 Å². The lowest BCUT2D eigenvalue weighted by molar-refractivity contribution is 0.661. The molecule has 1 aliphatic rings. The van der Waals surface area contributed by atoms with Gasteiger partial charge in [0.15, 0.2) is 0 Å². The monoisotopic (exact) mass is 592 g/mol. The van der Waals surface area contributed by atoms with E-state index in [1.807, 2.05) is 0 Å². The molecule has 2 nitrogen and oxygen atoms in total. The number of aryl methyl sites for hydroxylation is 1. The molecule has 2 heteroatoms. The molecule has 1 atom stereocenters. The lowest BCUT2D eigenvalue weighted by Crippen LogP contribution is -2.36. The Morgan fingerprint density at radius 2 is 1.20 bits per heavy atom. The molecule has 1 aliphatic carbocycles. The van der Waals surface area contributed by atoms with E-state index in [4.69, 9.17) is 0 Å². The first-order valence-electron chi connectivity index (χ1n) is 16.1. The maximum atomic E-state index is 3.82.